The van der Waals surface area contributed by atoms with Gasteiger partial charge in [-0.3, -0.25) is 24.7 Å². The van der Waals surface area contributed by atoms with Crippen LogP contribution in [0.5, 0.6) is 5.75 Å². The topological polar surface area (TPSA) is 116 Å². The number of nitrogens with zero attached hydrogens (tertiary/aromatic N) is 2. The van der Waals surface area contributed by atoms with Crippen molar-refractivity contribution in [3.63, 3.8) is 0 Å². The number of para-hydroxylation sites is 1. The molecule has 37 heavy (non-hydrogen) atoms. The Morgan fingerprint density at radius 2 is 1.86 bits per heavy atom. The van der Waals surface area contributed by atoms with Crippen molar-refractivity contribution in [2.75, 3.05) is 26.2 Å². The van der Waals surface area contributed by atoms with E-state index in [1.165, 1.54) is 0 Å². The van der Waals surface area contributed by atoms with E-state index in [4.69, 9.17) is 4.74 Å². The molecule has 9 heteroatoms. The molecule has 0 radical (unpaired) electrons. The van der Waals surface area contributed by atoms with Crippen LogP contribution >= 0.6 is 0 Å². The highest BCUT2D eigenvalue weighted by atomic mass is 16.5. The molecule has 0 spiro atoms. The lowest BCUT2D eigenvalue weighted by Crippen LogP contribution is -2.55. The van der Waals surface area contributed by atoms with Gasteiger partial charge >= 0.3 is 0 Å². The maximum absolute atomic E-state index is 12.8. The molecule has 1 fully saturated rings. The Hall–Kier alpha value is -3.53. The van der Waals surface area contributed by atoms with E-state index in [0.29, 0.717) is 37.1 Å². The first-order valence-corrected chi connectivity index (χ1v) is 12.8. The first kappa shape index (κ1) is 26.5. The molecule has 1 aliphatic heterocycles. The number of pyridine rings is 1. The Balaban J connectivity index is 1.33. The third kappa shape index (κ3) is 6.82. The van der Waals surface area contributed by atoms with Crippen LogP contribution in [0.1, 0.15) is 41.4 Å². The predicted molar refractivity (Wildman–Crippen MR) is 142 cm³/mol. The van der Waals surface area contributed by atoms with E-state index in [-0.39, 0.29) is 12.5 Å². The Kier molecular flexibility index (Phi) is 9.05. The number of amides is 2. The number of rotatable bonds is 10. The Morgan fingerprint density at radius 1 is 1.14 bits per heavy atom. The van der Waals surface area contributed by atoms with Crippen LogP contribution < -0.4 is 20.9 Å². The number of carbonyl (C=O) groups excluding carboxylic acids is 2. The third-order valence-corrected chi connectivity index (χ3v) is 6.77. The molecular weight excluding hydrogens is 470 g/mol. The normalized spacial score (nSPS) is 15.3. The van der Waals surface area contributed by atoms with Crippen molar-refractivity contribution in [3.05, 3.63) is 71.4 Å². The van der Waals surface area contributed by atoms with Gasteiger partial charge in [-0.25, -0.2) is 5.48 Å². The second-order valence-electron chi connectivity index (χ2n) is 9.32. The number of hydrogen-bond acceptors (Lipinski definition) is 7. The van der Waals surface area contributed by atoms with Gasteiger partial charge in [-0.05, 0) is 62.7 Å². The summed E-state index contributed by atoms with van der Waals surface area (Å²) in [7, 11) is 0. The Bertz CT molecular complexity index is 1210. The van der Waals surface area contributed by atoms with Gasteiger partial charge in [0, 0.05) is 47.9 Å². The van der Waals surface area contributed by atoms with Crippen LogP contribution in [0, 0.1) is 6.92 Å². The minimum absolute atomic E-state index is 0.101. The number of carbonyl (C=O) groups is 2. The fourth-order valence-electron chi connectivity index (χ4n) is 4.84. The number of nitrogens with one attached hydrogen (secondary N) is 3. The first-order valence-electron chi connectivity index (χ1n) is 12.8. The summed E-state index contributed by atoms with van der Waals surface area (Å²) in [6.07, 6.45) is 1.82. The van der Waals surface area contributed by atoms with Crippen LogP contribution in [-0.2, 0) is 11.4 Å². The summed E-state index contributed by atoms with van der Waals surface area (Å²) in [6.45, 7) is 6.86. The van der Waals surface area contributed by atoms with E-state index in [9.17, 15) is 14.8 Å². The maximum Gasteiger partial charge on any atom is 0.262 e. The maximum atomic E-state index is 12.8. The number of ether oxygens (including phenoxy) is 1. The molecule has 2 amide bonds. The fraction of sp³-hybridized carbons (Fsp3) is 0.393. The standard InChI is InChI=1S/C28H35N5O4/c1-3-29-22-12-14-33(15-13-22)26(28(35)32-36)17-30-27(34)20-8-10-23(11-9-20)37-18-21-16-19(2)31-25-7-5-4-6-24(21)25/h4-11,16,22,26,29,36H,3,12-15,17-18H2,1-2H3,(H,30,34)(H,32,35)/t26-/m0/s1. The van der Waals surface area contributed by atoms with E-state index in [1.807, 2.05) is 42.2 Å². The zero-order valence-electron chi connectivity index (χ0n) is 21.4. The minimum Gasteiger partial charge on any atom is -0.489 e. The van der Waals surface area contributed by atoms with E-state index in [2.05, 4.69) is 22.5 Å². The van der Waals surface area contributed by atoms with Gasteiger partial charge in [0.15, 0.2) is 0 Å². The molecule has 4 rings (SSSR count). The van der Waals surface area contributed by atoms with Crippen LogP contribution in [-0.4, -0.2) is 65.2 Å². The van der Waals surface area contributed by atoms with Crippen molar-refractivity contribution in [1.82, 2.24) is 26.0 Å². The molecule has 2 heterocycles. The van der Waals surface area contributed by atoms with E-state index in [0.717, 1.165) is 41.5 Å². The molecule has 1 aliphatic rings. The lowest BCUT2D eigenvalue weighted by Gasteiger charge is -2.36. The van der Waals surface area contributed by atoms with Gasteiger partial charge in [0.25, 0.3) is 11.8 Å². The number of fused-ring (bicyclic) bond motifs is 1. The summed E-state index contributed by atoms with van der Waals surface area (Å²) in [6, 6.07) is 16.7. The van der Waals surface area contributed by atoms with Gasteiger partial charge in [-0.15, -0.1) is 0 Å². The van der Waals surface area contributed by atoms with Crippen LogP contribution in [0.2, 0.25) is 0 Å². The van der Waals surface area contributed by atoms with Gasteiger partial charge in [-0.2, -0.15) is 0 Å². The number of aromatic nitrogens is 1. The average Bonchev–Trinajstić information content (AvgIpc) is 2.92. The molecule has 9 nitrogen and oxygen atoms in total. The van der Waals surface area contributed by atoms with Crippen LogP contribution in [0.4, 0.5) is 0 Å². The second kappa shape index (κ2) is 12.6. The number of piperidine rings is 1. The number of benzene rings is 2. The Labute approximate surface area is 217 Å². The van der Waals surface area contributed by atoms with Gasteiger partial charge in [-0.1, -0.05) is 25.1 Å². The minimum atomic E-state index is -0.641. The molecular formula is C28H35N5O4. The van der Waals surface area contributed by atoms with Crippen molar-refractivity contribution in [2.24, 2.45) is 0 Å². The average molecular weight is 506 g/mol. The third-order valence-electron chi connectivity index (χ3n) is 6.77. The highest BCUT2D eigenvalue weighted by Gasteiger charge is 2.30. The number of hydrogen-bond donors (Lipinski definition) is 4. The van der Waals surface area contributed by atoms with Crippen molar-refractivity contribution < 1.29 is 19.5 Å². The monoisotopic (exact) mass is 505 g/mol. The van der Waals surface area contributed by atoms with Crippen molar-refractivity contribution in [3.8, 4) is 5.75 Å². The molecule has 0 saturated carbocycles. The zero-order chi connectivity index (χ0) is 26.2. The summed E-state index contributed by atoms with van der Waals surface area (Å²) >= 11 is 0. The lowest BCUT2D eigenvalue weighted by atomic mass is 10.0. The SMILES string of the molecule is CCNC1CCN([C@@H](CNC(=O)c2ccc(OCc3cc(C)nc4ccccc34)cc2)C(=O)NO)CC1. The second-order valence-corrected chi connectivity index (χ2v) is 9.32. The highest BCUT2D eigenvalue weighted by molar-refractivity contribution is 5.94. The van der Waals surface area contributed by atoms with Gasteiger partial charge in [0.05, 0.1) is 5.52 Å². The van der Waals surface area contributed by atoms with Crippen molar-refractivity contribution >= 4 is 22.7 Å². The quantitative estimate of drug-likeness (QED) is 0.247. The van der Waals surface area contributed by atoms with Crippen LogP contribution in [0.15, 0.2) is 54.6 Å². The van der Waals surface area contributed by atoms with Gasteiger partial charge in [0.1, 0.15) is 18.4 Å². The molecule has 1 atom stereocenters. The molecule has 0 unspecified atom stereocenters. The number of hydroxylamine groups is 1. The van der Waals surface area contributed by atoms with Gasteiger partial charge in [0.2, 0.25) is 0 Å². The number of likely N-dealkylation sites (tertiary alicyclic amines) is 1. The summed E-state index contributed by atoms with van der Waals surface area (Å²) in [5, 5.41) is 16.5. The largest absolute Gasteiger partial charge is 0.489 e. The zero-order valence-corrected chi connectivity index (χ0v) is 21.4. The van der Waals surface area contributed by atoms with Gasteiger partial charge < -0.3 is 15.4 Å². The molecule has 1 aromatic heterocycles. The molecule has 196 valence electrons. The molecule has 0 bridgehead atoms. The van der Waals surface area contributed by atoms with E-state index in [1.54, 1.807) is 29.7 Å². The van der Waals surface area contributed by atoms with Crippen LogP contribution in [0.3, 0.4) is 0 Å². The van der Waals surface area contributed by atoms with E-state index < -0.39 is 11.9 Å². The molecule has 0 aliphatic carbocycles. The smallest absolute Gasteiger partial charge is 0.262 e. The first-order chi connectivity index (χ1) is 18.0. The molecule has 1 saturated heterocycles. The number of aryl methyl sites for hydroxylation is 1. The predicted octanol–water partition coefficient (Wildman–Crippen LogP) is 2.80. The molecule has 4 N–H and O–H groups in total. The lowest BCUT2D eigenvalue weighted by molar-refractivity contribution is -0.135. The summed E-state index contributed by atoms with van der Waals surface area (Å²) < 4.78 is 5.99. The summed E-state index contributed by atoms with van der Waals surface area (Å²) in [5.74, 6) is -0.165. The van der Waals surface area contributed by atoms with Crippen LogP contribution in [0.25, 0.3) is 10.9 Å². The van der Waals surface area contributed by atoms with Crippen molar-refractivity contribution in [1.29, 1.82) is 0 Å². The fourth-order valence-corrected chi connectivity index (χ4v) is 4.84. The molecule has 2 aromatic carbocycles. The summed E-state index contributed by atoms with van der Waals surface area (Å²) in [5.41, 5.74) is 5.12. The van der Waals surface area contributed by atoms with Crippen molar-refractivity contribution in [2.45, 2.75) is 45.4 Å². The molecule has 3 aromatic rings. The summed E-state index contributed by atoms with van der Waals surface area (Å²) in [4.78, 5) is 31.7. The highest BCUT2D eigenvalue weighted by Crippen LogP contribution is 2.21. The Morgan fingerprint density at radius 3 is 2.57 bits per heavy atom. The van der Waals surface area contributed by atoms with E-state index >= 15 is 0 Å².